The summed E-state index contributed by atoms with van der Waals surface area (Å²) >= 11 is 0. The first kappa shape index (κ1) is 14.7. The number of fused-ring (bicyclic) bond motifs is 1. The Hall–Kier alpha value is -2.18. The smallest absolute Gasteiger partial charge is 0.222 e. The number of carbonyl (C=O) groups is 1. The van der Waals surface area contributed by atoms with Crippen LogP contribution in [-0.4, -0.2) is 44.8 Å². The summed E-state index contributed by atoms with van der Waals surface area (Å²) in [7, 11) is 1.88. The number of aryl methyl sites for hydroxylation is 1. The largest absolute Gasteiger partial charge is 0.356 e. The van der Waals surface area contributed by atoms with Crippen LogP contribution in [0.3, 0.4) is 0 Å². The molecule has 1 aliphatic heterocycles. The van der Waals surface area contributed by atoms with E-state index in [0.29, 0.717) is 0 Å². The first-order valence-electron chi connectivity index (χ1n) is 7.74. The fraction of sp³-hybridized carbons (Fsp3) is 0.600. The van der Waals surface area contributed by atoms with Gasteiger partial charge < -0.3 is 10.2 Å². The highest BCUT2D eigenvalue weighted by Gasteiger charge is 2.24. The van der Waals surface area contributed by atoms with Crippen molar-refractivity contribution >= 4 is 22.8 Å². The van der Waals surface area contributed by atoms with Gasteiger partial charge in [0, 0.05) is 32.1 Å². The third-order valence-electron chi connectivity index (χ3n) is 4.17. The Kier molecular flexibility index (Phi) is 3.96. The van der Waals surface area contributed by atoms with Crippen LogP contribution >= 0.6 is 0 Å². The second kappa shape index (κ2) is 5.90. The molecule has 3 rings (SSSR count). The van der Waals surface area contributed by atoms with E-state index in [1.165, 1.54) is 0 Å². The molecule has 0 atom stereocenters. The van der Waals surface area contributed by atoms with E-state index in [1.54, 1.807) is 11.0 Å². The maximum Gasteiger partial charge on any atom is 0.222 e. The molecule has 118 valence electrons. The SMILES string of the molecule is CC(C)C(=O)NC1CCN(c2ncnc3c2cnn3C)CC1. The number of hydrogen-bond acceptors (Lipinski definition) is 5. The molecule has 7 heteroatoms. The van der Waals surface area contributed by atoms with Crippen LogP contribution in [0.5, 0.6) is 0 Å². The van der Waals surface area contributed by atoms with Crippen molar-refractivity contribution in [3.63, 3.8) is 0 Å². The van der Waals surface area contributed by atoms with E-state index in [1.807, 2.05) is 27.1 Å². The van der Waals surface area contributed by atoms with Crippen molar-refractivity contribution in [3.8, 4) is 0 Å². The molecule has 0 spiro atoms. The van der Waals surface area contributed by atoms with Crippen molar-refractivity contribution in [3.05, 3.63) is 12.5 Å². The van der Waals surface area contributed by atoms with Crippen LogP contribution in [-0.2, 0) is 11.8 Å². The third kappa shape index (κ3) is 2.75. The molecule has 2 aromatic heterocycles. The Morgan fingerprint density at radius 2 is 2.05 bits per heavy atom. The van der Waals surface area contributed by atoms with E-state index in [-0.39, 0.29) is 17.9 Å². The van der Waals surface area contributed by atoms with E-state index in [2.05, 4.69) is 25.3 Å². The van der Waals surface area contributed by atoms with Crippen LogP contribution in [0.25, 0.3) is 11.0 Å². The monoisotopic (exact) mass is 302 g/mol. The molecule has 1 fully saturated rings. The van der Waals surface area contributed by atoms with E-state index < -0.39 is 0 Å². The van der Waals surface area contributed by atoms with Crippen molar-refractivity contribution in [2.45, 2.75) is 32.7 Å². The lowest BCUT2D eigenvalue weighted by atomic mass is 10.0. The van der Waals surface area contributed by atoms with Crippen molar-refractivity contribution in [2.75, 3.05) is 18.0 Å². The quantitative estimate of drug-likeness (QED) is 0.919. The number of piperidine rings is 1. The summed E-state index contributed by atoms with van der Waals surface area (Å²) in [6.45, 7) is 5.60. The van der Waals surface area contributed by atoms with Gasteiger partial charge in [-0.05, 0) is 12.8 Å². The number of hydrogen-bond donors (Lipinski definition) is 1. The van der Waals surface area contributed by atoms with Gasteiger partial charge in [0.25, 0.3) is 0 Å². The summed E-state index contributed by atoms with van der Waals surface area (Å²) in [6.07, 6.45) is 5.28. The van der Waals surface area contributed by atoms with Gasteiger partial charge in [0.05, 0.1) is 11.6 Å². The number of amides is 1. The highest BCUT2D eigenvalue weighted by molar-refractivity contribution is 5.86. The van der Waals surface area contributed by atoms with Gasteiger partial charge in [-0.1, -0.05) is 13.8 Å². The van der Waals surface area contributed by atoms with Gasteiger partial charge in [-0.15, -0.1) is 0 Å². The number of carbonyl (C=O) groups excluding carboxylic acids is 1. The van der Waals surface area contributed by atoms with Crippen LogP contribution < -0.4 is 10.2 Å². The lowest BCUT2D eigenvalue weighted by Crippen LogP contribution is -2.46. The Bertz CT molecular complexity index is 672. The number of nitrogens with one attached hydrogen (secondary N) is 1. The first-order valence-corrected chi connectivity index (χ1v) is 7.74. The third-order valence-corrected chi connectivity index (χ3v) is 4.17. The van der Waals surface area contributed by atoms with E-state index in [9.17, 15) is 4.79 Å². The molecular weight excluding hydrogens is 280 g/mol. The molecule has 2 aromatic rings. The Morgan fingerprint density at radius 3 is 2.73 bits per heavy atom. The van der Waals surface area contributed by atoms with Gasteiger partial charge in [-0.3, -0.25) is 9.48 Å². The predicted molar refractivity (Wildman–Crippen MR) is 84.5 cm³/mol. The lowest BCUT2D eigenvalue weighted by Gasteiger charge is -2.33. The van der Waals surface area contributed by atoms with Gasteiger partial charge in [0.2, 0.25) is 5.91 Å². The van der Waals surface area contributed by atoms with Crippen LogP contribution in [0.4, 0.5) is 5.82 Å². The molecule has 7 nitrogen and oxygen atoms in total. The summed E-state index contributed by atoms with van der Waals surface area (Å²) in [5, 5.41) is 8.35. The van der Waals surface area contributed by atoms with Crippen LogP contribution in [0.1, 0.15) is 26.7 Å². The summed E-state index contributed by atoms with van der Waals surface area (Å²) in [6, 6.07) is 0.261. The summed E-state index contributed by atoms with van der Waals surface area (Å²) in [5.74, 6) is 1.11. The molecule has 1 N–H and O–H groups in total. The van der Waals surface area contributed by atoms with Crippen molar-refractivity contribution < 1.29 is 4.79 Å². The first-order chi connectivity index (χ1) is 10.6. The molecule has 0 aliphatic carbocycles. The zero-order valence-corrected chi connectivity index (χ0v) is 13.3. The Balaban J connectivity index is 1.69. The molecule has 0 bridgehead atoms. The highest BCUT2D eigenvalue weighted by Crippen LogP contribution is 2.25. The maximum absolute atomic E-state index is 11.8. The highest BCUT2D eigenvalue weighted by atomic mass is 16.1. The predicted octanol–water partition coefficient (Wildman–Crippen LogP) is 1.10. The fourth-order valence-corrected chi connectivity index (χ4v) is 2.81. The van der Waals surface area contributed by atoms with E-state index in [4.69, 9.17) is 0 Å². The zero-order valence-electron chi connectivity index (χ0n) is 13.3. The normalized spacial score (nSPS) is 16.5. The zero-order chi connectivity index (χ0) is 15.7. The summed E-state index contributed by atoms with van der Waals surface area (Å²) in [4.78, 5) is 22.7. The van der Waals surface area contributed by atoms with E-state index >= 15 is 0 Å². The molecule has 22 heavy (non-hydrogen) atoms. The minimum atomic E-state index is 0.0370. The number of aromatic nitrogens is 4. The molecule has 1 aliphatic rings. The summed E-state index contributed by atoms with van der Waals surface area (Å²) < 4.78 is 1.76. The molecule has 0 unspecified atom stereocenters. The molecule has 0 radical (unpaired) electrons. The maximum atomic E-state index is 11.8. The van der Waals surface area contributed by atoms with Crippen molar-refractivity contribution in [2.24, 2.45) is 13.0 Å². The second-order valence-electron chi connectivity index (χ2n) is 6.13. The van der Waals surface area contributed by atoms with Crippen LogP contribution in [0, 0.1) is 5.92 Å². The average Bonchev–Trinajstić information content (AvgIpc) is 2.90. The Labute approximate surface area is 129 Å². The fourth-order valence-electron chi connectivity index (χ4n) is 2.81. The van der Waals surface area contributed by atoms with Gasteiger partial charge in [0.1, 0.15) is 12.1 Å². The molecule has 3 heterocycles. The Morgan fingerprint density at radius 1 is 1.32 bits per heavy atom. The average molecular weight is 302 g/mol. The second-order valence-corrected chi connectivity index (χ2v) is 6.13. The number of rotatable bonds is 3. The minimum Gasteiger partial charge on any atom is -0.356 e. The van der Waals surface area contributed by atoms with Gasteiger partial charge in [0.15, 0.2) is 5.65 Å². The topological polar surface area (TPSA) is 75.9 Å². The van der Waals surface area contributed by atoms with Crippen molar-refractivity contribution in [1.82, 2.24) is 25.1 Å². The van der Waals surface area contributed by atoms with Crippen molar-refractivity contribution in [1.29, 1.82) is 0 Å². The standard InChI is InChI=1S/C15H22N6O/c1-10(2)15(22)19-11-4-6-21(7-5-11)14-12-8-18-20(3)13(12)16-9-17-14/h8-11H,4-7H2,1-3H3,(H,19,22). The molecule has 1 amide bonds. The minimum absolute atomic E-state index is 0.0370. The van der Waals surface area contributed by atoms with E-state index in [0.717, 1.165) is 42.8 Å². The summed E-state index contributed by atoms with van der Waals surface area (Å²) in [5.41, 5.74) is 0.847. The molecule has 0 saturated carbocycles. The molecule has 1 saturated heterocycles. The lowest BCUT2D eigenvalue weighted by molar-refractivity contribution is -0.124. The van der Waals surface area contributed by atoms with Gasteiger partial charge in [-0.25, -0.2) is 9.97 Å². The number of nitrogens with zero attached hydrogens (tertiary/aromatic N) is 5. The number of anilines is 1. The van der Waals surface area contributed by atoms with Crippen LogP contribution in [0.15, 0.2) is 12.5 Å². The van der Waals surface area contributed by atoms with Crippen LogP contribution in [0.2, 0.25) is 0 Å². The van der Waals surface area contributed by atoms with Gasteiger partial charge >= 0.3 is 0 Å². The van der Waals surface area contributed by atoms with Gasteiger partial charge in [-0.2, -0.15) is 5.10 Å². The molecule has 0 aromatic carbocycles. The molecular formula is C15H22N6O.